The molecule has 1 fully saturated rings. The zero-order valence-electron chi connectivity index (χ0n) is 22.9. The SMILES string of the molecule is CN(C)c1cc(CNC(N)=O)c(O)c2c1C[C@@]1(N)C[C@@]3(N)[C@H](N(C)C)C(=O)C(C(N)=O)=C(O)[C@@]3(C#N)C(=O)C1=C2O. The van der Waals surface area contributed by atoms with Crippen LogP contribution in [0, 0.1) is 16.7 Å². The Morgan fingerprint density at radius 3 is 2.24 bits per heavy atom. The van der Waals surface area contributed by atoms with Gasteiger partial charge in [-0.2, -0.15) is 5.26 Å². The fourth-order valence-electron chi connectivity index (χ4n) is 6.65. The first-order chi connectivity index (χ1) is 18.9. The number of fused-ring (bicyclic) bond motifs is 3. The maximum Gasteiger partial charge on any atom is 0.312 e. The molecule has 4 atom stereocenters. The number of rotatable bonds is 5. The van der Waals surface area contributed by atoms with Crippen molar-refractivity contribution in [2.24, 2.45) is 28.3 Å². The summed E-state index contributed by atoms with van der Waals surface area (Å²) >= 11 is 0. The van der Waals surface area contributed by atoms with E-state index in [1.807, 2.05) is 0 Å². The first kappa shape index (κ1) is 29.3. The third-order valence-electron chi connectivity index (χ3n) is 8.24. The summed E-state index contributed by atoms with van der Waals surface area (Å²) in [6, 6.07) is 0.909. The lowest BCUT2D eigenvalue weighted by atomic mass is 9.47. The molecule has 15 heteroatoms. The van der Waals surface area contributed by atoms with E-state index in [-0.39, 0.29) is 24.1 Å². The van der Waals surface area contributed by atoms with Gasteiger partial charge in [0.2, 0.25) is 0 Å². The van der Waals surface area contributed by atoms with Gasteiger partial charge in [0, 0.05) is 31.9 Å². The van der Waals surface area contributed by atoms with Gasteiger partial charge in [0.25, 0.3) is 5.91 Å². The number of carbonyl (C=O) groups excluding carboxylic acids is 4. The number of Topliss-reactive ketones (excluding diaryl/α,β-unsaturated/α-hetero) is 2. The summed E-state index contributed by atoms with van der Waals surface area (Å²) in [7, 11) is 6.25. The quantitative estimate of drug-likeness (QED) is 0.182. The molecule has 0 heterocycles. The average molecular weight is 569 g/mol. The molecule has 1 aromatic carbocycles. The molecule has 41 heavy (non-hydrogen) atoms. The molecule has 0 unspecified atom stereocenters. The summed E-state index contributed by atoms with van der Waals surface area (Å²) in [6.07, 6.45) is -0.679. The van der Waals surface area contributed by atoms with E-state index in [0.29, 0.717) is 11.3 Å². The normalized spacial score (nSPS) is 29.0. The number of aliphatic hydroxyl groups is 2. The number of amides is 3. The van der Waals surface area contributed by atoms with Crippen molar-refractivity contribution in [3.63, 3.8) is 0 Å². The zero-order chi connectivity index (χ0) is 31.0. The Kier molecular flexibility index (Phi) is 6.58. The first-order valence-corrected chi connectivity index (χ1v) is 12.4. The third kappa shape index (κ3) is 3.68. The van der Waals surface area contributed by atoms with E-state index in [1.165, 1.54) is 19.0 Å². The Balaban J connectivity index is 2.11. The van der Waals surface area contributed by atoms with Crippen molar-refractivity contribution in [2.45, 2.75) is 36.5 Å². The Hall–Kier alpha value is -4.65. The number of phenols is 1. The predicted octanol–water partition coefficient (Wildman–Crippen LogP) is -1.86. The highest BCUT2D eigenvalue weighted by Crippen LogP contribution is 2.59. The van der Waals surface area contributed by atoms with Crippen molar-refractivity contribution < 1.29 is 34.5 Å². The zero-order valence-corrected chi connectivity index (χ0v) is 22.9. The Bertz CT molecular complexity index is 1540. The van der Waals surface area contributed by atoms with Gasteiger partial charge in [-0.05, 0) is 38.6 Å². The average Bonchev–Trinajstić information content (AvgIpc) is 2.81. The number of anilines is 1. The molecular formula is C26H32N8O7. The van der Waals surface area contributed by atoms with Crippen LogP contribution in [0.1, 0.15) is 23.1 Å². The van der Waals surface area contributed by atoms with Gasteiger partial charge in [-0.15, -0.1) is 0 Å². The number of likely N-dealkylation sites (N-methyl/N-ethyl adjacent to an activating group) is 1. The van der Waals surface area contributed by atoms with Gasteiger partial charge in [0.15, 0.2) is 17.0 Å². The van der Waals surface area contributed by atoms with Crippen LogP contribution in [-0.2, 0) is 27.3 Å². The summed E-state index contributed by atoms with van der Waals surface area (Å²) in [5, 5.41) is 46.9. The van der Waals surface area contributed by atoms with Gasteiger partial charge in [-0.3, -0.25) is 19.3 Å². The molecule has 0 bridgehead atoms. The number of carbonyl (C=O) groups is 4. The molecule has 0 aliphatic heterocycles. The summed E-state index contributed by atoms with van der Waals surface area (Å²) in [5.41, 5.74) is 16.7. The fraction of sp³-hybridized carbons (Fsp3) is 0.423. The minimum Gasteiger partial charge on any atom is -0.509 e. The second-order valence-corrected chi connectivity index (χ2v) is 11.2. The number of nitrogens with zero attached hydrogens (tertiary/aromatic N) is 3. The van der Waals surface area contributed by atoms with Crippen molar-refractivity contribution in [2.75, 3.05) is 33.1 Å². The number of nitrogens with one attached hydrogen (secondary N) is 1. The van der Waals surface area contributed by atoms with Gasteiger partial charge in [0.1, 0.15) is 22.8 Å². The second-order valence-electron chi connectivity index (χ2n) is 11.2. The Morgan fingerprint density at radius 1 is 1.15 bits per heavy atom. The van der Waals surface area contributed by atoms with Gasteiger partial charge in [-0.25, -0.2) is 4.79 Å². The van der Waals surface area contributed by atoms with Crippen LogP contribution in [-0.4, -0.2) is 89.0 Å². The molecule has 0 aromatic heterocycles. The van der Waals surface area contributed by atoms with E-state index in [2.05, 4.69) is 5.32 Å². The molecule has 0 radical (unpaired) electrons. The summed E-state index contributed by atoms with van der Waals surface area (Å²) in [4.78, 5) is 54.5. The molecule has 15 nitrogen and oxygen atoms in total. The topological polar surface area (TPSA) is 275 Å². The van der Waals surface area contributed by atoms with Crippen LogP contribution in [0.25, 0.3) is 5.76 Å². The van der Waals surface area contributed by atoms with Crippen molar-refractivity contribution in [1.82, 2.24) is 10.2 Å². The maximum absolute atomic E-state index is 14.4. The molecule has 3 aliphatic carbocycles. The van der Waals surface area contributed by atoms with E-state index in [9.17, 15) is 39.8 Å². The summed E-state index contributed by atoms with van der Waals surface area (Å²) in [6.45, 7) is -0.230. The van der Waals surface area contributed by atoms with E-state index >= 15 is 0 Å². The van der Waals surface area contributed by atoms with E-state index in [1.54, 1.807) is 31.1 Å². The molecule has 1 saturated carbocycles. The van der Waals surface area contributed by atoms with Crippen LogP contribution < -0.4 is 33.2 Å². The molecular weight excluding hydrogens is 536 g/mol. The van der Waals surface area contributed by atoms with Crippen LogP contribution in [0.4, 0.5) is 10.5 Å². The summed E-state index contributed by atoms with van der Waals surface area (Å²) in [5.74, 6) is -6.12. The number of ketones is 2. The molecule has 12 N–H and O–H groups in total. The highest BCUT2D eigenvalue weighted by Gasteiger charge is 2.74. The molecule has 218 valence electrons. The molecule has 0 saturated heterocycles. The van der Waals surface area contributed by atoms with Crippen molar-refractivity contribution >= 4 is 35.0 Å². The highest BCUT2D eigenvalue weighted by molar-refractivity contribution is 6.25. The van der Waals surface area contributed by atoms with Crippen molar-refractivity contribution in [1.29, 1.82) is 5.26 Å². The molecule has 3 amide bonds. The third-order valence-corrected chi connectivity index (χ3v) is 8.24. The fourth-order valence-corrected chi connectivity index (χ4v) is 6.65. The number of aromatic hydroxyl groups is 1. The lowest BCUT2D eigenvalue weighted by Gasteiger charge is -2.58. The second kappa shape index (κ2) is 9.20. The largest absolute Gasteiger partial charge is 0.509 e. The van der Waals surface area contributed by atoms with Crippen LogP contribution in [0.5, 0.6) is 5.75 Å². The van der Waals surface area contributed by atoms with E-state index in [4.69, 9.17) is 22.9 Å². The smallest absolute Gasteiger partial charge is 0.312 e. The van der Waals surface area contributed by atoms with Crippen LogP contribution in [0.15, 0.2) is 23.0 Å². The standard InChI is InChI=1S/C26H32N8O7/c1-33(2)12-5-10(7-32-23(29)41)16(35)13-11(12)6-24(30)8-26(31)19(34(3)4)18(37)14(22(28)40)20(38)25(26,9-27)21(39)15(24)17(13)36/h5,19,35-36,38H,6-8,30-31H2,1-4H3,(H2,28,40)(H3,29,32,41)/t19-,24-,25+,26-/m1/s1. The number of benzene rings is 1. The molecule has 3 aliphatic rings. The lowest BCUT2D eigenvalue weighted by Crippen LogP contribution is -2.80. The maximum atomic E-state index is 14.4. The minimum absolute atomic E-state index is 0.143. The minimum atomic E-state index is -2.75. The van der Waals surface area contributed by atoms with Crippen LogP contribution in [0.3, 0.4) is 0 Å². The monoisotopic (exact) mass is 568 g/mol. The van der Waals surface area contributed by atoms with Gasteiger partial charge in [0.05, 0.1) is 34.3 Å². The van der Waals surface area contributed by atoms with Gasteiger partial charge >= 0.3 is 6.03 Å². The lowest BCUT2D eigenvalue weighted by molar-refractivity contribution is -0.139. The van der Waals surface area contributed by atoms with E-state index in [0.717, 1.165) is 0 Å². The molecule has 4 rings (SSSR count). The number of primary amides is 2. The number of hydrogen-bond acceptors (Lipinski definition) is 12. The number of nitriles is 1. The van der Waals surface area contributed by atoms with Crippen LogP contribution >= 0.6 is 0 Å². The van der Waals surface area contributed by atoms with E-state index < -0.39 is 80.9 Å². The Labute approximate surface area is 234 Å². The predicted molar refractivity (Wildman–Crippen MR) is 145 cm³/mol. The van der Waals surface area contributed by atoms with Crippen molar-refractivity contribution in [3.8, 4) is 11.8 Å². The van der Waals surface area contributed by atoms with Crippen LogP contribution in [0.2, 0.25) is 0 Å². The number of nitrogens with two attached hydrogens (primary N) is 4. The molecule has 0 spiro atoms. The molecule has 1 aromatic rings. The highest BCUT2D eigenvalue weighted by atomic mass is 16.3. The summed E-state index contributed by atoms with van der Waals surface area (Å²) < 4.78 is 0. The Morgan fingerprint density at radius 2 is 1.76 bits per heavy atom. The number of urea groups is 1. The van der Waals surface area contributed by atoms with Crippen molar-refractivity contribution in [3.05, 3.63) is 39.7 Å². The first-order valence-electron chi connectivity index (χ1n) is 12.4. The number of phenolic OH excluding ortho intramolecular Hbond substituents is 1. The number of hydrogen-bond donors (Lipinski definition) is 8. The number of aliphatic hydroxyl groups excluding tert-OH is 2. The van der Waals surface area contributed by atoms with Gasteiger partial charge < -0.3 is 48.5 Å². The van der Waals surface area contributed by atoms with Gasteiger partial charge in [-0.1, -0.05) is 0 Å².